The Kier molecular flexibility index (Phi) is 15.6. The number of fused-ring (bicyclic) bond motifs is 4. The van der Waals surface area contributed by atoms with Crippen molar-refractivity contribution >= 4 is 74.8 Å². The molecule has 47 heavy (non-hydrogen) atoms. The third-order valence-electron chi connectivity index (χ3n) is 8.23. The molecule has 0 N–H and O–H groups in total. The van der Waals surface area contributed by atoms with E-state index in [1.54, 1.807) is 0 Å². The van der Waals surface area contributed by atoms with Crippen LogP contribution in [0.5, 0.6) is 0 Å². The van der Waals surface area contributed by atoms with Crippen LogP contribution in [0.4, 0.5) is 0 Å². The minimum absolute atomic E-state index is 0. The van der Waals surface area contributed by atoms with Crippen LogP contribution in [0.2, 0.25) is 0 Å². The topological polar surface area (TPSA) is 0 Å². The Morgan fingerprint density at radius 3 is 1.45 bits per heavy atom. The molecule has 0 unspecified atom stereocenters. The number of aryl methyl sites for hydroxylation is 2. The second-order valence-corrected chi connectivity index (χ2v) is 11.0. The van der Waals surface area contributed by atoms with Gasteiger partial charge in [-0.05, 0) is 51.2 Å². The summed E-state index contributed by atoms with van der Waals surface area (Å²) in [4.78, 5) is 0. The van der Waals surface area contributed by atoms with Crippen LogP contribution in [0.1, 0.15) is 18.1 Å². The molecule has 0 saturated heterocycles. The summed E-state index contributed by atoms with van der Waals surface area (Å²) >= 11 is 1.36. The molecule has 0 amide bonds. The molecule has 2 radical (unpaired) electrons. The molecule has 0 aliphatic carbocycles. The number of benzene rings is 6. The summed E-state index contributed by atoms with van der Waals surface area (Å²) in [5, 5.41) is 10.6. The molecule has 0 saturated carbocycles. The van der Waals surface area contributed by atoms with Gasteiger partial charge in [-0.1, -0.05) is 110 Å². The van der Waals surface area contributed by atoms with Crippen molar-refractivity contribution < 1.29 is 23.3 Å². The van der Waals surface area contributed by atoms with Gasteiger partial charge in [0.15, 0.2) is 0 Å². The first-order valence-electron chi connectivity index (χ1n) is 14.7. The van der Waals surface area contributed by atoms with E-state index in [-0.39, 0.29) is 39.7 Å². The van der Waals surface area contributed by atoms with Crippen molar-refractivity contribution in [1.29, 1.82) is 0 Å². The second kappa shape index (κ2) is 18.3. The van der Waals surface area contributed by atoms with E-state index < -0.39 is 0 Å². The molecule has 0 spiro atoms. The van der Waals surface area contributed by atoms with E-state index in [0.29, 0.717) is 0 Å². The zero-order chi connectivity index (χ0) is 29.8. The van der Waals surface area contributed by atoms with Gasteiger partial charge in [-0.25, -0.2) is 0 Å². The number of halogens is 2. The van der Waals surface area contributed by atoms with E-state index in [0.717, 1.165) is 6.42 Å². The molecule has 0 fully saturated rings. The van der Waals surface area contributed by atoms with E-state index in [1.165, 1.54) is 99.8 Å². The quantitative estimate of drug-likeness (QED) is 0.125. The van der Waals surface area contributed by atoms with Crippen molar-refractivity contribution in [3.05, 3.63) is 172 Å². The maximum absolute atomic E-state index is 3.06. The first kappa shape index (κ1) is 39.9. The van der Waals surface area contributed by atoms with Gasteiger partial charge in [-0.2, -0.15) is 12.1 Å². The Bertz CT molecular complexity index is 2190. The Balaban J connectivity index is 0.000000288. The molecular formula is C43H40Cl2SiZr-4. The summed E-state index contributed by atoms with van der Waals surface area (Å²) in [5.41, 5.74) is 7.98. The molecule has 0 aliphatic rings. The first-order valence-corrected chi connectivity index (χ1v) is 18.9. The van der Waals surface area contributed by atoms with Gasteiger partial charge in [-0.3, -0.25) is 0 Å². The summed E-state index contributed by atoms with van der Waals surface area (Å²) in [5.74, 6) is 0. The van der Waals surface area contributed by atoms with Crippen molar-refractivity contribution in [2.45, 2.75) is 20.3 Å². The molecular weight excluding hydrogens is 707 g/mol. The predicted molar refractivity (Wildman–Crippen MR) is 212 cm³/mol. The normalized spacial score (nSPS) is 9.89. The van der Waals surface area contributed by atoms with Crippen molar-refractivity contribution in [3.8, 4) is 22.3 Å². The molecule has 4 heteroatoms. The van der Waals surface area contributed by atoms with E-state index in [1.807, 2.05) is 0 Å². The molecule has 8 aromatic rings. The van der Waals surface area contributed by atoms with Crippen LogP contribution in [-0.2, 0) is 29.8 Å². The molecule has 8 aromatic carbocycles. The average molecular weight is 747 g/mol. The Labute approximate surface area is 310 Å². The van der Waals surface area contributed by atoms with Gasteiger partial charge < -0.3 is 14.9 Å². The predicted octanol–water partition coefficient (Wildman–Crippen LogP) is 13.0. The second-order valence-electron chi connectivity index (χ2n) is 11.0. The SMILES string of the molecule is CCc1cc2c(-c3ccc4ccccc4c3)cccc2[cH-]1.Cc1cc2c(-c3ccc4ccccc4c3)cccc2[cH-]1.Cl.Cl.[CH3-].[CH3-].[Si]=[Zr]. The molecule has 0 bridgehead atoms. The first-order chi connectivity index (χ1) is 21.2. The summed E-state index contributed by atoms with van der Waals surface area (Å²) in [6.07, 6.45) is 1.09. The van der Waals surface area contributed by atoms with Gasteiger partial charge >= 0.3 is 30.2 Å². The van der Waals surface area contributed by atoms with Crippen LogP contribution >= 0.6 is 24.8 Å². The van der Waals surface area contributed by atoms with Crippen molar-refractivity contribution in [3.63, 3.8) is 0 Å². The zero-order valence-electron chi connectivity index (χ0n) is 27.4. The Hall–Kier alpha value is -3.26. The number of hydrogen-bond donors (Lipinski definition) is 0. The van der Waals surface area contributed by atoms with E-state index in [9.17, 15) is 0 Å². The van der Waals surface area contributed by atoms with Gasteiger partial charge in [0, 0.05) is 0 Å². The van der Waals surface area contributed by atoms with Crippen LogP contribution in [0.15, 0.2) is 146 Å². The van der Waals surface area contributed by atoms with E-state index >= 15 is 0 Å². The fraction of sp³-hybridized carbons (Fsp3) is 0.0698. The van der Waals surface area contributed by atoms with Gasteiger partial charge in [0.2, 0.25) is 0 Å². The van der Waals surface area contributed by atoms with Crippen LogP contribution in [-0.4, -0.2) is 6.88 Å². The van der Waals surface area contributed by atoms with E-state index in [4.69, 9.17) is 0 Å². The fourth-order valence-corrected chi connectivity index (χ4v) is 6.10. The standard InChI is InChI=1S/C21H17.C20H15.2CH3.2ClH.Si.Zr/c1-2-15-12-18-8-5-9-20(21(18)13-15)19-11-10-16-6-3-4-7-17(16)14-19;1-14-11-17-7-4-8-19(20(17)12-14)18-10-9-15-5-2-3-6-16(15)13-18;;;;;;/h3-14H,2H2,1H3;2-13H,1H3;2*1H3;2*1H;;/q4*-1;;;;. The Morgan fingerprint density at radius 1 is 0.511 bits per heavy atom. The third kappa shape index (κ3) is 8.62. The minimum atomic E-state index is 0. The van der Waals surface area contributed by atoms with E-state index in [2.05, 4.69) is 166 Å². The molecule has 0 aliphatic heterocycles. The molecule has 0 nitrogen and oxygen atoms in total. The summed E-state index contributed by atoms with van der Waals surface area (Å²) < 4.78 is 0. The van der Waals surface area contributed by atoms with Crippen molar-refractivity contribution in [2.24, 2.45) is 0 Å². The summed E-state index contributed by atoms with van der Waals surface area (Å²) in [6, 6.07) is 52.8. The Morgan fingerprint density at radius 2 is 0.957 bits per heavy atom. The summed E-state index contributed by atoms with van der Waals surface area (Å²) in [6.45, 7) is 7.43. The van der Waals surface area contributed by atoms with Gasteiger partial charge in [0.05, 0.1) is 0 Å². The van der Waals surface area contributed by atoms with Crippen LogP contribution in [0.25, 0.3) is 65.3 Å². The van der Waals surface area contributed by atoms with Crippen LogP contribution < -0.4 is 0 Å². The average Bonchev–Trinajstić information content (AvgIpc) is 3.68. The van der Waals surface area contributed by atoms with Gasteiger partial charge in [-0.15, -0.1) is 93.9 Å². The number of rotatable bonds is 3. The van der Waals surface area contributed by atoms with Crippen LogP contribution in [0.3, 0.4) is 0 Å². The van der Waals surface area contributed by atoms with Crippen molar-refractivity contribution in [2.75, 3.05) is 0 Å². The van der Waals surface area contributed by atoms with Gasteiger partial charge in [0.25, 0.3) is 0 Å². The maximum atomic E-state index is 3.06. The molecule has 0 atom stereocenters. The monoisotopic (exact) mass is 744 g/mol. The number of hydrogen-bond acceptors (Lipinski definition) is 0. The summed E-state index contributed by atoms with van der Waals surface area (Å²) in [7, 11) is 0. The zero-order valence-corrected chi connectivity index (χ0v) is 32.5. The van der Waals surface area contributed by atoms with Crippen LogP contribution in [0, 0.1) is 21.8 Å². The third-order valence-corrected chi connectivity index (χ3v) is 8.23. The molecule has 8 rings (SSSR count). The molecule has 0 aromatic heterocycles. The molecule has 238 valence electrons. The molecule has 0 heterocycles. The van der Waals surface area contributed by atoms with Crippen molar-refractivity contribution in [1.82, 2.24) is 0 Å². The van der Waals surface area contributed by atoms with Gasteiger partial charge in [0.1, 0.15) is 0 Å². The fourth-order valence-electron chi connectivity index (χ4n) is 6.10.